The zero-order valence-corrected chi connectivity index (χ0v) is 8.81. The van der Waals surface area contributed by atoms with Gasteiger partial charge in [0.15, 0.2) is 5.78 Å². The van der Waals surface area contributed by atoms with Gasteiger partial charge in [-0.05, 0) is 6.07 Å². The number of hydrogen-bond acceptors (Lipinski definition) is 4. The van der Waals surface area contributed by atoms with Crippen molar-refractivity contribution in [3.8, 4) is 0 Å². The van der Waals surface area contributed by atoms with Crippen LogP contribution >= 0.6 is 0 Å². The van der Waals surface area contributed by atoms with Gasteiger partial charge in [0, 0.05) is 30.1 Å². The highest BCUT2D eigenvalue weighted by Gasteiger charge is 2.11. The van der Waals surface area contributed by atoms with Gasteiger partial charge in [-0.15, -0.1) is 0 Å². The summed E-state index contributed by atoms with van der Waals surface area (Å²) >= 11 is 0. The van der Waals surface area contributed by atoms with Crippen molar-refractivity contribution >= 4 is 11.5 Å². The van der Waals surface area contributed by atoms with Crippen LogP contribution in [0, 0.1) is 10.1 Å². The van der Waals surface area contributed by atoms with E-state index in [2.05, 4.69) is 5.10 Å². The molecule has 0 aliphatic heterocycles. The minimum Gasteiger partial charge on any atom is -0.292 e. The van der Waals surface area contributed by atoms with E-state index in [1.165, 1.54) is 22.9 Å². The molecule has 0 N–H and O–H groups in total. The molecule has 6 nitrogen and oxygen atoms in total. The van der Waals surface area contributed by atoms with E-state index in [1.807, 2.05) is 0 Å². The van der Waals surface area contributed by atoms with Crippen molar-refractivity contribution in [3.63, 3.8) is 0 Å². The third kappa shape index (κ3) is 2.54. The summed E-state index contributed by atoms with van der Waals surface area (Å²) < 4.78 is 1.47. The van der Waals surface area contributed by atoms with Crippen molar-refractivity contribution in [2.24, 2.45) is 0 Å². The van der Waals surface area contributed by atoms with Gasteiger partial charge in [-0.2, -0.15) is 5.10 Å². The van der Waals surface area contributed by atoms with Crippen molar-refractivity contribution in [2.75, 3.05) is 0 Å². The first-order valence-corrected chi connectivity index (χ1v) is 4.92. The molecule has 1 aromatic heterocycles. The molecule has 1 heterocycles. The molecule has 0 saturated carbocycles. The van der Waals surface area contributed by atoms with E-state index in [0.717, 1.165) is 0 Å². The number of Topliss-reactive ketones (excluding diaryl/α,β-unsaturated/α-hetero) is 1. The summed E-state index contributed by atoms with van der Waals surface area (Å²) in [5.41, 5.74) is 0.228. The highest BCUT2D eigenvalue weighted by atomic mass is 16.6. The highest BCUT2D eigenvalue weighted by molar-refractivity contribution is 5.96. The van der Waals surface area contributed by atoms with E-state index < -0.39 is 4.92 Å². The fourth-order valence-corrected chi connectivity index (χ4v) is 1.43. The van der Waals surface area contributed by atoms with Crippen LogP contribution in [0.3, 0.4) is 0 Å². The Morgan fingerprint density at radius 3 is 2.88 bits per heavy atom. The number of carbonyl (C=O) groups is 1. The van der Waals surface area contributed by atoms with Gasteiger partial charge in [-0.25, -0.2) is 0 Å². The van der Waals surface area contributed by atoms with Crippen LogP contribution in [0.15, 0.2) is 42.7 Å². The second-order valence-electron chi connectivity index (χ2n) is 3.43. The Morgan fingerprint density at radius 1 is 1.41 bits per heavy atom. The molecule has 0 amide bonds. The monoisotopic (exact) mass is 231 g/mol. The van der Waals surface area contributed by atoms with Crippen LogP contribution in [0.25, 0.3) is 0 Å². The van der Waals surface area contributed by atoms with E-state index in [4.69, 9.17) is 0 Å². The minimum absolute atomic E-state index is 0.0775. The Balaban J connectivity index is 2.19. The molecule has 0 unspecified atom stereocenters. The molecule has 17 heavy (non-hydrogen) atoms. The third-order valence-electron chi connectivity index (χ3n) is 2.24. The van der Waals surface area contributed by atoms with Crippen LogP contribution in [0.4, 0.5) is 5.69 Å². The van der Waals surface area contributed by atoms with Gasteiger partial charge in [0.25, 0.3) is 5.69 Å². The second kappa shape index (κ2) is 4.56. The minimum atomic E-state index is -0.523. The maximum Gasteiger partial charge on any atom is 0.270 e. The molecular weight excluding hydrogens is 222 g/mol. The van der Waals surface area contributed by atoms with Crippen LogP contribution < -0.4 is 0 Å². The van der Waals surface area contributed by atoms with Crippen molar-refractivity contribution in [3.05, 3.63) is 58.4 Å². The predicted molar refractivity (Wildman–Crippen MR) is 59.7 cm³/mol. The predicted octanol–water partition coefficient (Wildman–Crippen LogP) is 1.67. The lowest BCUT2D eigenvalue weighted by molar-refractivity contribution is -0.384. The first kappa shape index (κ1) is 11.0. The number of rotatable bonds is 4. The molecule has 0 atom stereocenters. The number of nitro benzene ring substituents is 1. The van der Waals surface area contributed by atoms with E-state index in [1.54, 1.807) is 24.5 Å². The third-order valence-corrected chi connectivity index (χ3v) is 2.24. The number of carbonyl (C=O) groups excluding carboxylic acids is 1. The zero-order valence-electron chi connectivity index (χ0n) is 8.81. The van der Waals surface area contributed by atoms with Crippen LogP contribution in [0.2, 0.25) is 0 Å². The molecule has 0 radical (unpaired) electrons. The number of hydrogen-bond donors (Lipinski definition) is 0. The topological polar surface area (TPSA) is 78.0 Å². The fourth-order valence-electron chi connectivity index (χ4n) is 1.43. The van der Waals surface area contributed by atoms with Gasteiger partial charge in [0.1, 0.15) is 6.54 Å². The van der Waals surface area contributed by atoms with E-state index >= 15 is 0 Å². The molecule has 6 heteroatoms. The van der Waals surface area contributed by atoms with Gasteiger partial charge in [-0.3, -0.25) is 19.6 Å². The van der Waals surface area contributed by atoms with Crippen LogP contribution in [0.1, 0.15) is 10.4 Å². The maximum absolute atomic E-state index is 11.8. The van der Waals surface area contributed by atoms with Gasteiger partial charge < -0.3 is 0 Å². The lowest BCUT2D eigenvalue weighted by Gasteiger charge is -2.01. The molecule has 0 aliphatic rings. The molecule has 0 aliphatic carbocycles. The first-order valence-electron chi connectivity index (χ1n) is 4.92. The molecule has 0 spiro atoms. The summed E-state index contributed by atoms with van der Waals surface area (Å²) in [6, 6.07) is 7.38. The average molecular weight is 231 g/mol. The molecule has 2 aromatic rings. The lowest BCUT2D eigenvalue weighted by Crippen LogP contribution is -2.10. The van der Waals surface area contributed by atoms with Crippen LogP contribution in [-0.4, -0.2) is 20.5 Å². The Labute approximate surface area is 96.6 Å². The van der Waals surface area contributed by atoms with Crippen molar-refractivity contribution in [1.82, 2.24) is 9.78 Å². The lowest BCUT2D eigenvalue weighted by atomic mass is 10.1. The van der Waals surface area contributed by atoms with Crippen LogP contribution in [0.5, 0.6) is 0 Å². The van der Waals surface area contributed by atoms with E-state index in [0.29, 0.717) is 5.56 Å². The number of benzene rings is 1. The summed E-state index contributed by atoms with van der Waals surface area (Å²) in [6.45, 7) is 0.0775. The average Bonchev–Trinajstić information content (AvgIpc) is 2.82. The van der Waals surface area contributed by atoms with E-state index in [9.17, 15) is 14.9 Å². The molecule has 1 aromatic carbocycles. The van der Waals surface area contributed by atoms with Crippen molar-refractivity contribution in [1.29, 1.82) is 0 Å². The van der Waals surface area contributed by atoms with Gasteiger partial charge in [0.2, 0.25) is 0 Å². The Kier molecular flexibility index (Phi) is 2.95. The first-order chi connectivity index (χ1) is 8.16. The van der Waals surface area contributed by atoms with Gasteiger partial charge >= 0.3 is 0 Å². The van der Waals surface area contributed by atoms with Crippen molar-refractivity contribution in [2.45, 2.75) is 6.54 Å². The summed E-state index contributed by atoms with van der Waals surface area (Å²) in [4.78, 5) is 21.8. The largest absolute Gasteiger partial charge is 0.292 e. The molecular formula is C11H9N3O3. The molecule has 86 valence electrons. The standard InChI is InChI=1S/C11H9N3O3/c15-11(8-13-6-2-5-12-13)9-3-1-4-10(7-9)14(16)17/h1-7H,8H2. The number of nitrogens with zero attached hydrogens (tertiary/aromatic N) is 3. The zero-order chi connectivity index (χ0) is 12.3. The molecule has 0 saturated heterocycles. The quantitative estimate of drug-likeness (QED) is 0.455. The SMILES string of the molecule is O=C(Cn1cccn1)c1cccc([N+](=O)[O-])c1. The fraction of sp³-hybridized carbons (Fsp3) is 0.0909. The van der Waals surface area contributed by atoms with Crippen molar-refractivity contribution < 1.29 is 9.72 Å². The normalized spacial score (nSPS) is 10.1. The number of aromatic nitrogens is 2. The van der Waals surface area contributed by atoms with Crippen LogP contribution in [-0.2, 0) is 6.54 Å². The van der Waals surface area contributed by atoms with Gasteiger partial charge in [0.05, 0.1) is 4.92 Å². The highest BCUT2D eigenvalue weighted by Crippen LogP contribution is 2.13. The second-order valence-corrected chi connectivity index (χ2v) is 3.43. The van der Waals surface area contributed by atoms with Gasteiger partial charge in [-0.1, -0.05) is 12.1 Å². The van der Waals surface area contributed by atoms with E-state index in [-0.39, 0.29) is 18.0 Å². The molecule has 0 bridgehead atoms. The summed E-state index contributed by atoms with van der Waals surface area (Å²) in [5.74, 6) is -0.211. The Morgan fingerprint density at radius 2 is 2.24 bits per heavy atom. The smallest absolute Gasteiger partial charge is 0.270 e. The number of non-ortho nitro benzene ring substituents is 1. The molecule has 2 rings (SSSR count). The number of nitro groups is 1. The molecule has 0 fully saturated rings. The summed E-state index contributed by atoms with van der Waals surface area (Å²) in [6.07, 6.45) is 3.23. The maximum atomic E-state index is 11.8. The number of ketones is 1. The Bertz CT molecular complexity index is 549. The Hall–Kier alpha value is -2.50. The summed E-state index contributed by atoms with van der Waals surface area (Å²) in [5, 5.41) is 14.5. The summed E-state index contributed by atoms with van der Waals surface area (Å²) in [7, 11) is 0.